The molecule has 0 saturated carbocycles. The normalized spacial score (nSPS) is 10.2. The number of amides is 1. The standard InChI is InChI=1S/C21H17BrN2OS/c1-14-7-12-19(18(22)13-14)23-21(26)24-20(25)17-10-8-16(9-11-17)15-5-3-2-4-6-15/h2-13H,1H3,(H2,23,24,25,26). The lowest BCUT2D eigenvalue weighted by atomic mass is 10.0. The Morgan fingerprint density at radius 3 is 2.23 bits per heavy atom. The highest BCUT2D eigenvalue weighted by Crippen LogP contribution is 2.23. The second-order valence-electron chi connectivity index (χ2n) is 5.83. The van der Waals surface area contributed by atoms with E-state index in [1.54, 1.807) is 12.1 Å². The lowest BCUT2D eigenvalue weighted by molar-refractivity contribution is 0.0978. The molecule has 0 spiro atoms. The average Bonchev–Trinajstić information content (AvgIpc) is 2.65. The molecule has 0 aliphatic heterocycles. The first-order valence-electron chi connectivity index (χ1n) is 8.07. The fraction of sp³-hybridized carbons (Fsp3) is 0.0476. The molecule has 0 saturated heterocycles. The van der Waals surface area contributed by atoms with Crippen molar-refractivity contribution in [2.45, 2.75) is 6.92 Å². The van der Waals surface area contributed by atoms with Gasteiger partial charge in [0.25, 0.3) is 5.91 Å². The molecule has 0 unspecified atom stereocenters. The molecule has 0 aromatic heterocycles. The van der Waals surface area contributed by atoms with Gasteiger partial charge in [0.15, 0.2) is 5.11 Å². The van der Waals surface area contributed by atoms with Crippen LogP contribution in [0.4, 0.5) is 5.69 Å². The highest BCUT2D eigenvalue weighted by Gasteiger charge is 2.09. The number of nitrogens with one attached hydrogen (secondary N) is 2. The van der Waals surface area contributed by atoms with Crippen molar-refractivity contribution in [3.63, 3.8) is 0 Å². The molecule has 3 aromatic rings. The van der Waals surface area contributed by atoms with E-state index in [-0.39, 0.29) is 11.0 Å². The van der Waals surface area contributed by atoms with Crippen LogP contribution >= 0.6 is 28.1 Å². The Bertz CT molecular complexity index is 940. The molecule has 0 bridgehead atoms. The minimum atomic E-state index is -0.245. The zero-order valence-corrected chi connectivity index (χ0v) is 16.5. The summed E-state index contributed by atoms with van der Waals surface area (Å²) in [4.78, 5) is 12.4. The van der Waals surface area contributed by atoms with E-state index in [4.69, 9.17) is 12.2 Å². The van der Waals surface area contributed by atoms with Gasteiger partial charge in [0.1, 0.15) is 0 Å². The predicted molar refractivity (Wildman–Crippen MR) is 114 cm³/mol. The maximum Gasteiger partial charge on any atom is 0.257 e. The number of aryl methyl sites for hydroxylation is 1. The van der Waals surface area contributed by atoms with Crippen molar-refractivity contribution in [3.05, 3.63) is 88.4 Å². The Labute approximate surface area is 166 Å². The van der Waals surface area contributed by atoms with E-state index < -0.39 is 0 Å². The van der Waals surface area contributed by atoms with E-state index in [1.165, 1.54) is 0 Å². The molecule has 5 heteroatoms. The second-order valence-corrected chi connectivity index (χ2v) is 7.10. The van der Waals surface area contributed by atoms with Gasteiger partial charge in [-0.2, -0.15) is 0 Å². The van der Waals surface area contributed by atoms with Crippen LogP contribution in [0.25, 0.3) is 11.1 Å². The molecule has 130 valence electrons. The molecule has 0 atom stereocenters. The van der Waals surface area contributed by atoms with E-state index in [0.29, 0.717) is 5.56 Å². The Kier molecular flexibility index (Phi) is 5.81. The summed E-state index contributed by atoms with van der Waals surface area (Å²) in [6.45, 7) is 2.01. The van der Waals surface area contributed by atoms with Crippen LogP contribution in [0.2, 0.25) is 0 Å². The fourth-order valence-electron chi connectivity index (χ4n) is 2.50. The van der Waals surface area contributed by atoms with E-state index in [1.807, 2.05) is 67.6 Å². The minimum Gasteiger partial charge on any atom is -0.331 e. The molecule has 1 amide bonds. The van der Waals surface area contributed by atoms with Crippen molar-refractivity contribution in [3.8, 4) is 11.1 Å². The van der Waals surface area contributed by atoms with Crippen LogP contribution in [0.5, 0.6) is 0 Å². The summed E-state index contributed by atoms with van der Waals surface area (Å²) < 4.78 is 0.890. The van der Waals surface area contributed by atoms with Crippen molar-refractivity contribution >= 4 is 44.9 Å². The van der Waals surface area contributed by atoms with Crippen LogP contribution < -0.4 is 10.6 Å². The molecule has 26 heavy (non-hydrogen) atoms. The minimum absolute atomic E-state index is 0.245. The summed E-state index contributed by atoms with van der Waals surface area (Å²) in [6.07, 6.45) is 0. The van der Waals surface area contributed by atoms with Crippen LogP contribution in [0, 0.1) is 6.92 Å². The van der Waals surface area contributed by atoms with Crippen LogP contribution in [0.1, 0.15) is 15.9 Å². The van der Waals surface area contributed by atoms with Gasteiger partial charge in [-0.25, -0.2) is 0 Å². The van der Waals surface area contributed by atoms with Crippen molar-refractivity contribution in [2.24, 2.45) is 0 Å². The van der Waals surface area contributed by atoms with Gasteiger partial charge in [0.05, 0.1) is 5.69 Å². The third-order valence-electron chi connectivity index (χ3n) is 3.85. The largest absolute Gasteiger partial charge is 0.331 e. The zero-order valence-electron chi connectivity index (χ0n) is 14.1. The molecule has 0 aliphatic rings. The first-order chi connectivity index (χ1) is 12.5. The predicted octanol–water partition coefficient (Wildman–Crippen LogP) is 5.55. The number of halogens is 1. The molecule has 0 aliphatic carbocycles. The van der Waals surface area contributed by atoms with Crippen molar-refractivity contribution in [2.75, 3.05) is 5.32 Å². The maximum absolute atomic E-state index is 12.4. The molecule has 3 nitrogen and oxygen atoms in total. The maximum atomic E-state index is 12.4. The van der Waals surface area contributed by atoms with Crippen LogP contribution in [0.15, 0.2) is 77.3 Å². The second kappa shape index (κ2) is 8.25. The number of thiocarbonyl (C=S) groups is 1. The number of carbonyl (C=O) groups is 1. The lowest BCUT2D eigenvalue weighted by Gasteiger charge is -2.12. The number of hydrogen-bond acceptors (Lipinski definition) is 2. The summed E-state index contributed by atoms with van der Waals surface area (Å²) in [5.74, 6) is -0.245. The van der Waals surface area contributed by atoms with Gasteiger partial charge >= 0.3 is 0 Å². The summed E-state index contributed by atoms with van der Waals surface area (Å²) in [7, 11) is 0. The summed E-state index contributed by atoms with van der Waals surface area (Å²) in [5, 5.41) is 5.99. The van der Waals surface area contributed by atoms with Gasteiger partial charge < -0.3 is 5.32 Å². The Morgan fingerprint density at radius 2 is 1.58 bits per heavy atom. The van der Waals surface area contributed by atoms with Gasteiger partial charge in [-0.3, -0.25) is 10.1 Å². The van der Waals surface area contributed by atoms with Crippen molar-refractivity contribution < 1.29 is 4.79 Å². The van der Waals surface area contributed by atoms with Gasteiger partial charge in [0.2, 0.25) is 0 Å². The SMILES string of the molecule is Cc1ccc(NC(=S)NC(=O)c2ccc(-c3ccccc3)cc2)c(Br)c1. The number of benzene rings is 3. The summed E-state index contributed by atoms with van der Waals surface area (Å²) >= 11 is 8.73. The smallest absolute Gasteiger partial charge is 0.257 e. The third kappa shape index (κ3) is 4.56. The zero-order chi connectivity index (χ0) is 18.5. The van der Waals surface area contributed by atoms with Crippen LogP contribution in [-0.2, 0) is 0 Å². The van der Waals surface area contributed by atoms with Gasteiger partial charge in [-0.1, -0.05) is 48.5 Å². The molecule has 0 radical (unpaired) electrons. The number of carbonyl (C=O) groups excluding carboxylic acids is 1. The quantitative estimate of drug-likeness (QED) is 0.541. The molecular formula is C21H17BrN2OS. The van der Waals surface area contributed by atoms with E-state index in [9.17, 15) is 4.79 Å². The molecular weight excluding hydrogens is 408 g/mol. The van der Waals surface area contributed by atoms with Gasteiger partial charge in [-0.05, 0) is 76.0 Å². The number of hydrogen-bond donors (Lipinski definition) is 2. The highest BCUT2D eigenvalue weighted by molar-refractivity contribution is 9.10. The molecule has 3 aromatic carbocycles. The van der Waals surface area contributed by atoms with E-state index >= 15 is 0 Å². The Morgan fingerprint density at radius 1 is 0.923 bits per heavy atom. The molecule has 3 rings (SSSR count). The first-order valence-corrected chi connectivity index (χ1v) is 9.27. The average molecular weight is 425 g/mol. The van der Waals surface area contributed by atoms with E-state index in [2.05, 4.69) is 26.6 Å². The monoisotopic (exact) mass is 424 g/mol. The summed E-state index contributed by atoms with van der Waals surface area (Å²) in [6, 6.07) is 23.3. The summed E-state index contributed by atoms with van der Waals surface area (Å²) in [5.41, 5.74) is 4.67. The first kappa shape index (κ1) is 18.3. The topological polar surface area (TPSA) is 41.1 Å². The van der Waals surface area contributed by atoms with E-state index in [0.717, 1.165) is 26.9 Å². The van der Waals surface area contributed by atoms with Crippen molar-refractivity contribution in [1.82, 2.24) is 5.32 Å². The Hall–Kier alpha value is -2.50. The van der Waals surface area contributed by atoms with Gasteiger partial charge in [0, 0.05) is 10.0 Å². The number of anilines is 1. The van der Waals surface area contributed by atoms with Gasteiger partial charge in [-0.15, -0.1) is 0 Å². The molecule has 0 fully saturated rings. The lowest BCUT2D eigenvalue weighted by Crippen LogP contribution is -2.34. The number of rotatable bonds is 3. The van der Waals surface area contributed by atoms with Crippen LogP contribution in [-0.4, -0.2) is 11.0 Å². The third-order valence-corrected chi connectivity index (χ3v) is 4.71. The van der Waals surface area contributed by atoms with Crippen LogP contribution in [0.3, 0.4) is 0 Å². The molecule has 0 heterocycles. The highest BCUT2D eigenvalue weighted by atomic mass is 79.9. The fourth-order valence-corrected chi connectivity index (χ4v) is 3.29. The van der Waals surface area contributed by atoms with Crippen molar-refractivity contribution in [1.29, 1.82) is 0 Å². The molecule has 2 N–H and O–H groups in total. The Balaban J connectivity index is 1.65.